The molecule has 1 heterocycles. The maximum absolute atomic E-state index is 13.5. The van der Waals surface area contributed by atoms with Crippen molar-refractivity contribution in [1.82, 2.24) is 4.57 Å². The Morgan fingerprint density at radius 2 is 1.77 bits per heavy atom. The summed E-state index contributed by atoms with van der Waals surface area (Å²) < 4.78 is 15.6. The van der Waals surface area contributed by atoms with Gasteiger partial charge in [-0.3, -0.25) is 9.59 Å². The molecular weight excluding hydrogens is 385 g/mol. The van der Waals surface area contributed by atoms with Crippen molar-refractivity contribution in [1.29, 1.82) is 0 Å². The number of rotatable bonds is 8. The number of carbonyl (C=O) groups is 2. The number of hydrogen-bond donors (Lipinski definition) is 2. The van der Waals surface area contributed by atoms with E-state index in [9.17, 15) is 19.1 Å². The Kier molecular flexibility index (Phi) is 6.47. The van der Waals surface area contributed by atoms with E-state index in [2.05, 4.69) is 4.57 Å². The van der Waals surface area contributed by atoms with Gasteiger partial charge in [-0.2, -0.15) is 0 Å². The van der Waals surface area contributed by atoms with Gasteiger partial charge in [-0.05, 0) is 43.7 Å². The summed E-state index contributed by atoms with van der Waals surface area (Å²) in [6, 6.07) is 14.2. The lowest BCUT2D eigenvalue weighted by molar-refractivity contribution is -0.140. The largest absolute Gasteiger partial charge is 0.481 e. The van der Waals surface area contributed by atoms with E-state index in [0.29, 0.717) is 0 Å². The summed E-state index contributed by atoms with van der Waals surface area (Å²) in [7, 11) is 0. The van der Waals surface area contributed by atoms with Gasteiger partial charge in [-0.15, -0.1) is 0 Å². The molecule has 3 rings (SSSR count). The molecule has 1 aromatic heterocycles. The Hall–Kier alpha value is -3.25. The molecule has 0 spiro atoms. The number of halogens is 1. The third kappa shape index (κ3) is 4.66. The number of aromatic nitrogens is 1. The van der Waals surface area contributed by atoms with Gasteiger partial charge in [0.2, 0.25) is 0 Å². The number of aliphatic carboxylic acids is 1. The molecule has 0 aliphatic heterocycles. The first-order chi connectivity index (χ1) is 14.3. The van der Waals surface area contributed by atoms with Crippen LogP contribution in [0.5, 0.6) is 0 Å². The number of fused-ring (bicyclic) bond motifs is 1. The van der Waals surface area contributed by atoms with Crippen LogP contribution >= 0.6 is 0 Å². The van der Waals surface area contributed by atoms with Crippen LogP contribution in [0.25, 0.3) is 28.1 Å². The van der Waals surface area contributed by atoms with Crippen LogP contribution in [-0.4, -0.2) is 32.6 Å². The van der Waals surface area contributed by atoms with Gasteiger partial charge in [0, 0.05) is 34.6 Å². The van der Waals surface area contributed by atoms with Crippen molar-refractivity contribution in [3.63, 3.8) is 0 Å². The van der Waals surface area contributed by atoms with Crippen LogP contribution in [0.3, 0.4) is 0 Å². The minimum atomic E-state index is -1.21. The summed E-state index contributed by atoms with van der Waals surface area (Å²) in [6.45, 7) is 4.09. The number of aliphatic hydroxyl groups excluding tert-OH is 1. The molecule has 0 amide bonds. The third-order valence-corrected chi connectivity index (χ3v) is 4.86. The van der Waals surface area contributed by atoms with E-state index in [1.807, 2.05) is 38.1 Å². The van der Waals surface area contributed by atoms with Gasteiger partial charge in [0.1, 0.15) is 18.0 Å². The first-order valence-electron chi connectivity index (χ1n) is 9.76. The Morgan fingerprint density at radius 1 is 1.10 bits per heavy atom. The molecule has 0 aliphatic rings. The number of para-hydroxylation sites is 1. The number of ketones is 1. The molecule has 5 nitrogen and oxygen atoms in total. The van der Waals surface area contributed by atoms with Gasteiger partial charge >= 0.3 is 5.97 Å². The molecule has 156 valence electrons. The molecule has 0 saturated carbocycles. The standard InChI is InChI=1S/C24H24FNO4/c1-15(2)26-21-6-4-3-5-20(21)24(16-7-9-17(25)10-8-16)22(26)12-11-18(27)13-19(28)14-23(29)30/h3-12,15,18,27H,13-14H2,1-2H3,(H,29,30)/b12-11+/t18-/m1/s1. The normalized spacial score (nSPS) is 12.7. The minimum absolute atomic E-state index is 0.106. The van der Waals surface area contributed by atoms with Crippen molar-refractivity contribution < 1.29 is 24.2 Å². The average Bonchev–Trinajstić information content (AvgIpc) is 3.00. The molecule has 0 radical (unpaired) electrons. The predicted molar refractivity (Wildman–Crippen MR) is 115 cm³/mol. The molecule has 6 heteroatoms. The van der Waals surface area contributed by atoms with Crippen LogP contribution < -0.4 is 0 Å². The number of hydrogen-bond acceptors (Lipinski definition) is 3. The highest BCUT2D eigenvalue weighted by Crippen LogP contribution is 2.37. The van der Waals surface area contributed by atoms with Crippen molar-refractivity contribution in [2.75, 3.05) is 0 Å². The van der Waals surface area contributed by atoms with Crippen LogP contribution in [0.2, 0.25) is 0 Å². The monoisotopic (exact) mass is 409 g/mol. The first-order valence-corrected chi connectivity index (χ1v) is 9.76. The smallest absolute Gasteiger partial charge is 0.310 e. The van der Waals surface area contributed by atoms with Gasteiger partial charge in [0.15, 0.2) is 0 Å². The van der Waals surface area contributed by atoms with Crippen molar-refractivity contribution in [2.45, 2.75) is 38.8 Å². The molecule has 2 N–H and O–H groups in total. The minimum Gasteiger partial charge on any atom is -0.481 e. The highest BCUT2D eigenvalue weighted by molar-refractivity contribution is 6.01. The molecule has 1 atom stereocenters. The molecule has 2 aromatic carbocycles. The molecule has 3 aromatic rings. The maximum atomic E-state index is 13.5. The lowest BCUT2D eigenvalue weighted by Crippen LogP contribution is -2.14. The van der Waals surface area contributed by atoms with Crippen LogP contribution in [0.1, 0.15) is 38.4 Å². The Bertz CT molecular complexity index is 1100. The lowest BCUT2D eigenvalue weighted by atomic mass is 10.0. The molecule has 30 heavy (non-hydrogen) atoms. The topological polar surface area (TPSA) is 79.5 Å². The summed E-state index contributed by atoms with van der Waals surface area (Å²) in [5, 5.41) is 19.9. The number of carbonyl (C=O) groups excluding carboxylic acids is 1. The van der Waals surface area contributed by atoms with Crippen LogP contribution in [-0.2, 0) is 9.59 Å². The molecule has 0 unspecified atom stereocenters. The van der Waals surface area contributed by atoms with Crippen LogP contribution in [0.15, 0.2) is 54.6 Å². The molecule has 0 saturated heterocycles. The number of nitrogens with zero attached hydrogens (tertiary/aromatic N) is 1. The number of aliphatic hydroxyl groups is 1. The Morgan fingerprint density at radius 3 is 2.40 bits per heavy atom. The third-order valence-electron chi connectivity index (χ3n) is 4.86. The highest BCUT2D eigenvalue weighted by Gasteiger charge is 2.19. The fourth-order valence-corrected chi connectivity index (χ4v) is 3.67. The first kappa shape index (κ1) is 21.5. The second-order valence-corrected chi connectivity index (χ2v) is 7.49. The number of benzene rings is 2. The Labute approximate surface area is 174 Å². The average molecular weight is 409 g/mol. The predicted octanol–water partition coefficient (Wildman–Crippen LogP) is 4.84. The van der Waals surface area contributed by atoms with Gasteiger partial charge < -0.3 is 14.8 Å². The maximum Gasteiger partial charge on any atom is 0.310 e. The fourth-order valence-electron chi connectivity index (χ4n) is 3.67. The van der Waals surface area contributed by atoms with E-state index in [4.69, 9.17) is 5.11 Å². The summed E-state index contributed by atoms with van der Waals surface area (Å²) in [6.07, 6.45) is 1.27. The fraction of sp³-hybridized carbons (Fsp3) is 0.250. The van der Waals surface area contributed by atoms with Gasteiger partial charge in [0.25, 0.3) is 0 Å². The number of carboxylic acid groups (broad SMARTS) is 1. The number of carboxylic acids is 1. The summed E-state index contributed by atoms with van der Waals surface area (Å²) in [4.78, 5) is 22.4. The summed E-state index contributed by atoms with van der Waals surface area (Å²) in [5.74, 6) is -2.08. The van der Waals surface area contributed by atoms with E-state index in [1.54, 1.807) is 18.2 Å². The van der Waals surface area contributed by atoms with E-state index >= 15 is 0 Å². The second kappa shape index (κ2) is 9.05. The van der Waals surface area contributed by atoms with E-state index < -0.39 is 24.3 Å². The van der Waals surface area contributed by atoms with Crippen molar-refractivity contribution in [3.05, 3.63) is 66.1 Å². The highest BCUT2D eigenvalue weighted by atomic mass is 19.1. The zero-order valence-electron chi connectivity index (χ0n) is 16.9. The van der Waals surface area contributed by atoms with E-state index in [-0.39, 0.29) is 18.3 Å². The second-order valence-electron chi connectivity index (χ2n) is 7.49. The van der Waals surface area contributed by atoms with Gasteiger partial charge in [-0.1, -0.05) is 36.4 Å². The summed E-state index contributed by atoms with van der Waals surface area (Å²) >= 11 is 0. The van der Waals surface area contributed by atoms with E-state index in [1.165, 1.54) is 18.2 Å². The van der Waals surface area contributed by atoms with Gasteiger partial charge in [0.05, 0.1) is 6.10 Å². The Balaban J connectivity index is 2.09. The van der Waals surface area contributed by atoms with Gasteiger partial charge in [-0.25, -0.2) is 4.39 Å². The summed E-state index contributed by atoms with van der Waals surface area (Å²) in [5.41, 5.74) is 3.56. The quantitative estimate of drug-likeness (QED) is 0.522. The van der Waals surface area contributed by atoms with Crippen molar-refractivity contribution in [3.8, 4) is 11.1 Å². The number of Topliss-reactive ketones (excluding diaryl/α,β-unsaturated/α-hetero) is 1. The van der Waals surface area contributed by atoms with Crippen LogP contribution in [0.4, 0.5) is 4.39 Å². The zero-order chi connectivity index (χ0) is 21.8. The molecule has 0 aliphatic carbocycles. The molecule has 0 fully saturated rings. The molecular formula is C24H24FNO4. The van der Waals surface area contributed by atoms with E-state index in [0.717, 1.165) is 27.7 Å². The van der Waals surface area contributed by atoms with Crippen LogP contribution in [0, 0.1) is 5.82 Å². The SMILES string of the molecule is CC(C)n1c(/C=C/[C@@H](O)CC(=O)CC(=O)O)c(-c2ccc(F)cc2)c2ccccc21. The lowest BCUT2D eigenvalue weighted by Gasteiger charge is -2.14. The zero-order valence-corrected chi connectivity index (χ0v) is 16.9. The van der Waals surface area contributed by atoms with Crippen molar-refractivity contribution in [2.24, 2.45) is 0 Å². The van der Waals surface area contributed by atoms with Crippen molar-refractivity contribution >= 4 is 28.7 Å². The molecule has 0 bridgehead atoms.